The molecule has 1 saturated carbocycles. The lowest BCUT2D eigenvalue weighted by atomic mass is 9.91. The molecule has 2 nitrogen and oxygen atoms in total. The number of nitrogens with one attached hydrogen (secondary N) is 1. The number of hydrogen-bond donors (Lipinski definition) is 2. The van der Waals surface area contributed by atoms with Gasteiger partial charge in [0.25, 0.3) is 0 Å². The Morgan fingerprint density at radius 3 is 2.64 bits per heavy atom. The zero-order valence-corrected chi connectivity index (χ0v) is 8.45. The first-order chi connectivity index (χ1) is 6.84. The summed E-state index contributed by atoms with van der Waals surface area (Å²) in [5, 5.41) is 3.53. The average molecular weight is 190 g/mol. The molecule has 0 aliphatic heterocycles. The van der Waals surface area contributed by atoms with E-state index in [4.69, 9.17) is 5.73 Å². The summed E-state index contributed by atoms with van der Waals surface area (Å²) in [7, 11) is 0. The van der Waals surface area contributed by atoms with E-state index < -0.39 is 0 Å². The fourth-order valence-electron chi connectivity index (χ4n) is 2.13. The van der Waals surface area contributed by atoms with Gasteiger partial charge in [0, 0.05) is 17.8 Å². The Kier molecular flexibility index (Phi) is 3.04. The van der Waals surface area contributed by atoms with E-state index in [1.54, 1.807) is 0 Å². The van der Waals surface area contributed by atoms with Gasteiger partial charge in [-0.2, -0.15) is 0 Å². The maximum Gasteiger partial charge on any atom is 0.0342 e. The highest BCUT2D eigenvalue weighted by Crippen LogP contribution is 2.20. The molecule has 14 heavy (non-hydrogen) atoms. The van der Waals surface area contributed by atoms with Crippen molar-refractivity contribution in [2.75, 3.05) is 5.32 Å². The maximum atomic E-state index is 5.94. The van der Waals surface area contributed by atoms with Crippen LogP contribution in [0, 0.1) is 0 Å². The Bertz CT molecular complexity index is 271. The maximum absolute atomic E-state index is 5.94. The van der Waals surface area contributed by atoms with Crippen LogP contribution in [0.4, 0.5) is 5.69 Å². The lowest BCUT2D eigenvalue weighted by Crippen LogP contribution is -2.34. The number of hydrogen-bond acceptors (Lipinski definition) is 2. The molecule has 1 aromatic carbocycles. The molecule has 0 aromatic heterocycles. The molecule has 2 atom stereocenters. The summed E-state index contributed by atoms with van der Waals surface area (Å²) in [5.74, 6) is 0. The van der Waals surface area contributed by atoms with Crippen LogP contribution in [0.1, 0.15) is 25.7 Å². The van der Waals surface area contributed by atoms with Gasteiger partial charge in [-0.05, 0) is 37.8 Å². The molecule has 1 aliphatic carbocycles. The van der Waals surface area contributed by atoms with Crippen LogP contribution in [0.5, 0.6) is 0 Å². The Balaban J connectivity index is 1.91. The van der Waals surface area contributed by atoms with Gasteiger partial charge in [-0.3, -0.25) is 0 Å². The minimum Gasteiger partial charge on any atom is -0.382 e. The van der Waals surface area contributed by atoms with E-state index in [0.29, 0.717) is 12.1 Å². The molecule has 0 bridgehead atoms. The van der Waals surface area contributed by atoms with E-state index in [1.807, 2.05) is 6.07 Å². The molecule has 2 rings (SSSR count). The zero-order valence-electron chi connectivity index (χ0n) is 8.45. The van der Waals surface area contributed by atoms with Crippen molar-refractivity contribution < 1.29 is 0 Å². The van der Waals surface area contributed by atoms with Crippen LogP contribution in [-0.4, -0.2) is 12.1 Å². The first-order valence-corrected chi connectivity index (χ1v) is 5.42. The summed E-state index contributed by atoms with van der Waals surface area (Å²) < 4.78 is 0. The first-order valence-electron chi connectivity index (χ1n) is 5.42. The molecule has 0 spiro atoms. The highest BCUT2D eigenvalue weighted by Gasteiger charge is 2.18. The molecule has 76 valence electrons. The van der Waals surface area contributed by atoms with Gasteiger partial charge in [-0.25, -0.2) is 0 Å². The quantitative estimate of drug-likeness (QED) is 0.751. The number of benzene rings is 1. The molecule has 0 radical (unpaired) electrons. The highest BCUT2D eigenvalue weighted by atomic mass is 14.9. The van der Waals surface area contributed by atoms with E-state index in [9.17, 15) is 0 Å². The molecule has 1 aromatic rings. The summed E-state index contributed by atoms with van der Waals surface area (Å²) in [6, 6.07) is 11.3. The van der Waals surface area contributed by atoms with Crippen LogP contribution in [-0.2, 0) is 0 Å². The first kappa shape index (κ1) is 9.53. The van der Waals surface area contributed by atoms with Crippen molar-refractivity contribution in [3.63, 3.8) is 0 Å². The Hall–Kier alpha value is -1.02. The second-order valence-electron chi connectivity index (χ2n) is 4.13. The molecule has 1 aliphatic rings. The van der Waals surface area contributed by atoms with E-state index in [1.165, 1.54) is 24.9 Å². The van der Waals surface area contributed by atoms with Crippen molar-refractivity contribution >= 4 is 5.69 Å². The molecule has 1 fully saturated rings. The van der Waals surface area contributed by atoms with Gasteiger partial charge in [0.05, 0.1) is 0 Å². The smallest absolute Gasteiger partial charge is 0.0342 e. The second-order valence-corrected chi connectivity index (χ2v) is 4.13. The van der Waals surface area contributed by atoms with Gasteiger partial charge in [-0.1, -0.05) is 18.2 Å². The molecule has 0 saturated heterocycles. The highest BCUT2D eigenvalue weighted by molar-refractivity contribution is 5.43. The minimum atomic E-state index is 0.393. The van der Waals surface area contributed by atoms with E-state index in [-0.39, 0.29) is 0 Å². The standard InChI is InChI=1S/C12H18N2/c13-10-5-4-8-12(9-10)14-11-6-2-1-3-7-11/h1-3,6-7,10,12,14H,4-5,8-9,13H2/t10-,12+/m0/s1. The van der Waals surface area contributed by atoms with E-state index in [2.05, 4.69) is 29.6 Å². The van der Waals surface area contributed by atoms with Crippen LogP contribution in [0.15, 0.2) is 30.3 Å². The minimum absolute atomic E-state index is 0.393. The third-order valence-corrected chi connectivity index (χ3v) is 2.86. The van der Waals surface area contributed by atoms with Gasteiger partial charge in [0.2, 0.25) is 0 Å². The van der Waals surface area contributed by atoms with Crippen molar-refractivity contribution in [2.24, 2.45) is 5.73 Å². The number of para-hydroxylation sites is 1. The second kappa shape index (κ2) is 4.47. The summed E-state index contributed by atoms with van der Waals surface area (Å²) in [4.78, 5) is 0. The third-order valence-electron chi connectivity index (χ3n) is 2.86. The SMILES string of the molecule is N[C@H]1CCC[C@@H](Nc2ccccc2)C1. The van der Waals surface area contributed by atoms with Crippen LogP contribution in [0.3, 0.4) is 0 Å². The van der Waals surface area contributed by atoms with Crippen molar-refractivity contribution in [3.05, 3.63) is 30.3 Å². The molecule has 3 N–H and O–H groups in total. The lowest BCUT2D eigenvalue weighted by Gasteiger charge is -2.28. The fraction of sp³-hybridized carbons (Fsp3) is 0.500. The third kappa shape index (κ3) is 2.48. The Morgan fingerprint density at radius 2 is 1.93 bits per heavy atom. The molecule has 0 heterocycles. The molecule has 0 unspecified atom stereocenters. The van der Waals surface area contributed by atoms with Gasteiger partial charge < -0.3 is 11.1 Å². The van der Waals surface area contributed by atoms with Crippen LogP contribution < -0.4 is 11.1 Å². The van der Waals surface area contributed by atoms with E-state index >= 15 is 0 Å². The Labute approximate surface area is 85.5 Å². The molecule has 2 heteroatoms. The average Bonchev–Trinajstić information content (AvgIpc) is 2.19. The Morgan fingerprint density at radius 1 is 1.14 bits per heavy atom. The van der Waals surface area contributed by atoms with Crippen molar-refractivity contribution in [2.45, 2.75) is 37.8 Å². The fourth-order valence-corrected chi connectivity index (χ4v) is 2.13. The number of rotatable bonds is 2. The largest absolute Gasteiger partial charge is 0.382 e. The van der Waals surface area contributed by atoms with Crippen molar-refractivity contribution in [3.8, 4) is 0 Å². The normalized spacial score (nSPS) is 27.2. The predicted molar refractivity (Wildman–Crippen MR) is 60.3 cm³/mol. The van der Waals surface area contributed by atoms with Crippen molar-refractivity contribution in [1.29, 1.82) is 0 Å². The van der Waals surface area contributed by atoms with Gasteiger partial charge in [0.1, 0.15) is 0 Å². The summed E-state index contributed by atoms with van der Waals surface area (Å²) in [6.07, 6.45) is 4.80. The van der Waals surface area contributed by atoms with Gasteiger partial charge >= 0.3 is 0 Å². The van der Waals surface area contributed by atoms with Crippen molar-refractivity contribution in [1.82, 2.24) is 0 Å². The lowest BCUT2D eigenvalue weighted by molar-refractivity contribution is 0.409. The topological polar surface area (TPSA) is 38.0 Å². The number of anilines is 1. The molecular weight excluding hydrogens is 172 g/mol. The van der Waals surface area contributed by atoms with E-state index in [0.717, 1.165) is 6.42 Å². The van der Waals surface area contributed by atoms with Crippen LogP contribution in [0.25, 0.3) is 0 Å². The summed E-state index contributed by atoms with van der Waals surface area (Å²) in [5.41, 5.74) is 7.15. The summed E-state index contributed by atoms with van der Waals surface area (Å²) in [6.45, 7) is 0. The van der Waals surface area contributed by atoms with Crippen LogP contribution in [0.2, 0.25) is 0 Å². The van der Waals surface area contributed by atoms with Gasteiger partial charge in [0.15, 0.2) is 0 Å². The monoisotopic (exact) mass is 190 g/mol. The van der Waals surface area contributed by atoms with Gasteiger partial charge in [-0.15, -0.1) is 0 Å². The molecular formula is C12H18N2. The number of nitrogens with two attached hydrogens (primary N) is 1. The van der Waals surface area contributed by atoms with Crippen LogP contribution >= 0.6 is 0 Å². The molecule has 0 amide bonds. The predicted octanol–water partition coefficient (Wildman–Crippen LogP) is 2.37. The zero-order chi connectivity index (χ0) is 9.80. The summed E-state index contributed by atoms with van der Waals surface area (Å²) >= 11 is 0.